The second kappa shape index (κ2) is 6.78. The molecule has 0 unspecified atom stereocenters. The first-order chi connectivity index (χ1) is 9.24. The SMILES string of the molecule is CCCNN1CCN(c2ccc(C)cc2OC)CC1. The molecule has 0 spiro atoms. The van der Waals surface area contributed by atoms with Crippen LogP contribution in [0.4, 0.5) is 5.69 Å². The smallest absolute Gasteiger partial charge is 0.142 e. The van der Waals surface area contributed by atoms with Crippen LogP contribution in [0, 0.1) is 6.92 Å². The number of nitrogens with zero attached hydrogens (tertiary/aromatic N) is 2. The first-order valence-electron chi connectivity index (χ1n) is 7.12. The van der Waals surface area contributed by atoms with Crippen LogP contribution < -0.4 is 15.1 Å². The van der Waals surface area contributed by atoms with Crippen molar-refractivity contribution < 1.29 is 4.74 Å². The maximum atomic E-state index is 5.50. The summed E-state index contributed by atoms with van der Waals surface area (Å²) in [5.74, 6) is 0.981. The first-order valence-corrected chi connectivity index (χ1v) is 7.12. The van der Waals surface area contributed by atoms with E-state index >= 15 is 0 Å². The molecule has 1 saturated heterocycles. The highest BCUT2D eigenvalue weighted by atomic mass is 16.5. The molecule has 1 heterocycles. The van der Waals surface area contributed by atoms with Gasteiger partial charge in [0.15, 0.2) is 0 Å². The van der Waals surface area contributed by atoms with Gasteiger partial charge in [0.2, 0.25) is 0 Å². The Balaban J connectivity index is 1.97. The van der Waals surface area contributed by atoms with E-state index in [2.05, 4.69) is 47.4 Å². The zero-order valence-corrected chi connectivity index (χ0v) is 12.3. The van der Waals surface area contributed by atoms with Crippen molar-refractivity contribution in [2.24, 2.45) is 0 Å². The topological polar surface area (TPSA) is 27.7 Å². The fourth-order valence-electron chi connectivity index (χ4n) is 2.42. The maximum absolute atomic E-state index is 5.50. The number of nitrogens with one attached hydrogen (secondary N) is 1. The van der Waals surface area contributed by atoms with Crippen molar-refractivity contribution in [3.8, 4) is 5.75 Å². The van der Waals surface area contributed by atoms with E-state index in [4.69, 9.17) is 4.74 Å². The average Bonchev–Trinajstić information content (AvgIpc) is 2.45. The predicted molar refractivity (Wildman–Crippen MR) is 79.8 cm³/mol. The van der Waals surface area contributed by atoms with Crippen molar-refractivity contribution in [1.82, 2.24) is 10.4 Å². The van der Waals surface area contributed by atoms with Crippen LogP contribution in [0.5, 0.6) is 5.75 Å². The molecule has 1 fully saturated rings. The number of anilines is 1. The van der Waals surface area contributed by atoms with Crippen LogP contribution in [0.1, 0.15) is 18.9 Å². The van der Waals surface area contributed by atoms with Gasteiger partial charge in [-0.05, 0) is 31.0 Å². The molecule has 1 aromatic rings. The average molecular weight is 263 g/mol. The molecular formula is C15H25N3O. The van der Waals surface area contributed by atoms with Crippen LogP contribution in [0.3, 0.4) is 0 Å². The largest absolute Gasteiger partial charge is 0.495 e. The minimum absolute atomic E-state index is 0.981. The number of piperazine rings is 1. The molecule has 1 aliphatic rings. The Kier molecular flexibility index (Phi) is 5.05. The number of aryl methyl sites for hydroxylation is 1. The lowest BCUT2D eigenvalue weighted by Gasteiger charge is -2.36. The third-order valence-electron chi connectivity index (χ3n) is 3.54. The summed E-state index contributed by atoms with van der Waals surface area (Å²) in [6, 6.07) is 6.43. The Morgan fingerprint density at radius 1 is 1.21 bits per heavy atom. The van der Waals surface area contributed by atoms with E-state index in [1.54, 1.807) is 7.11 Å². The van der Waals surface area contributed by atoms with Gasteiger partial charge in [-0.25, -0.2) is 5.01 Å². The van der Waals surface area contributed by atoms with Crippen LogP contribution >= 0.6 is 0 Å². The van der Waals surface area contributed by atoms with E-state index in [1.807, 2.05) is 0 Å². The Morgan fingerprint density at radius 2 is 1.95 bits per heavy atom. The molecule has 2 rings (SSSR count). The molecule has 0 aliphatic carbocycles. The van der Waals surface area contributed by atoms with Crippen LogP contribution in [-0.4, -0.2) is 44.8 Å². The molecule has 0 bridgehead atoms. The Morgan fingerprint density at radius 3 is 2.58 bits per heavy atom. The highest BCUT2D eigenvalue weighted by molar-refractivity contribution is 5.60. The minimum Gasteiger partial charge on any atom is -0.495 e. The van der Waals surface area contributed by atoms with Crippen molar-refractivity contribution in [3.63, 3.8) is 0 Å². The Labute approximate surface area is 116 Å². The van der Waals surface area contributed by atoms with Gasteiger partial charge in [-0.2, -0.15) is 0 Å². The molecular weight excluding hydrogens is 238 g/mol. The quantitative estimate of drug-likeness (QED) is 0.880. The van der Waals surface area contributed by atoms with E-state index in [0.29, 0.717) is 0 Å². The van der Waals surface area contributed by atoms with E-state index < -0.39 is 0 Å². The second-order valence-corrected chi connectivity index (χ2v) is 5.06. The lowest BCUT2D eigenvalue weighted by atomic mass is 10.2. The molecule has 1 aliphatic heterocycles. The predicted octanol–water partition coefficient (Wildman–Crippen LogP) is 2.04. The van der Waals surface area contributed by atoms with E-state index in [1.165, 1.54) is 17.7 Å². The standard InChI is InChI=1S/C15H25N3O/c1-4-7-16-18-10-8-17(9-11-18)14-6-5-13(2)12-15(14)19-3/h5-6,12,16H,4,7-11H2,1-3H3. The molecule has 0 atom stereocenters. The van der Waals surface area contributed by atoms with Gasteiger partial charge in [0, 0.05) is 32.7 Å². The molecule has 4 nitrogen and oxygen atoms in total. The molecule has 1 aromatic carbocycles. The molecule has 0 aromatic heterocycles. The monoisotopic (exact) mass is 263 g/mol. The number of hydrogen-bond acceptors (Lipinski definition) is 4. The van der Waals surface area contributed by atoms with E-state index in [9.17, 15) is 0 Å². The van der Waals surface area contributed by atoms with Crippen molar-refractivity contribution in [3.05, 3.63) is 23.8 Å². The molecule has 19 heavy (non-hydrogen) atoms. The lowest BCUT2D eigenvalue weighted by molar-refractivity contribution is 0.176. The van der Waals surface area contributed by atoms with E-state index in [-0.39, 0.29) is 0 Å². The van der Waals surface area contributed by atoms with Crippen molar-refractivity contribution in [1.29, 1.82) is 0 Å². The van der Waals surface area contributed by atoms with Crippen LogP contribution in [-0.2, 0) is 0 Å². The Hall–Kier alpha value is -1.26. The summed E-state index contributed by atoms with van der Waals surface area (Å²) < 4.78 is 5.50. The number of rotatable bonds is 5. The number of methoxy groups -OCH3 is 1. The van der Waals surface area contributed by atoms with Gasteiger partial charge in [-0.1, -0.05) is 13.0 Å². The van der Waals surface area contributed by atoms with Gasteiger partial charge in [-0.15, -0.1) is 0 Å². The van der Waals surface area contributed by atoms with Gasteiger partial charge in [0.25, 0.3) is 0 Å². The summed E-state index contributed by atoms with van der Waals surface area (Å²) in [7, 11) is 1.75. The van der Waals surface area contributed by atoms with Gasteiger partial charge in [-0.3, -0.25) is 5.43 Å². The molecule has 0 saturated carbocycles. The summed E-state index contributed by atoms with van der Waals surface area (Å²) in [5.41, 5.74) is 5.91. The van der Waals surface area contributed by atoms with Gasteiger partial charge in [0.05, 0.1) is 12.8 Å². The molecule has 1 N–H and O–H groups in total. The maximum Gasteiger partial charge on any atom is 0.142 e. The third kappa shape index (κ3) is 3.61. The first kappa shape index (κ1) is 14.2. The van der Waals surface area contributed by atoms with Crippen molar-refractivity contribution >= 4 is 5.69 Å². The zero-order chi connectivity index (χ0) is 13.7. The van der Waals surface area contributed by atoms with Crippen LogP contribution in [0.15, 0.2) is 18.2 Å². The minimum atomic E-state index is 0.981. The number of hydrazine groups is 1. The summed E-state index contributed by atoms with van der Waals surface area (Å²) in [6.07, 6.45) is 1.17. The zero-order valence-electron chi connectivity index (χ0n) is 12.3. The third-order valence-corrected chi connectivity index (χ3v) is 3.54. The summed E-state index contributed by atoms with van der Waals surface area (Å²) >= 11 is 0. The molecule has 0 radical (unpaired) electrons. The number of hydrogen-bond donors (Lipinski definition) is 1. The Bertz CT molecular complexity index is 400. The second-order valence-electron chi connectivity index (χ2n) is 5.06. The van der Waals surface area contributed by atoms with Crippen LogP contribution in [0.25, 0.3) is 0 Å². The summed E-state index contributed by atoms with van der Waals surface area (Å²) in [5, 5.41) is 2.32. The van der Waals surface area contributed by atoms with Gasteiger partial charge >= 0.3 is 0 Å². The highest BCUT2D eigenvalue weighted by Crippen LogP contribution is 2.29. The summed E-state index contributed by atoms with van der Waals surface area (Å²) in [6.45, 7) is 9.54. The lowest BCUT2D eigenvalue weighted by Crippen LogP contribution is -2.52. The van der Waals surface area contributed by atoms with Crippen molar-refractivity contribution in [2.75, 3.05) is 44.7 Å². The van der Waals surface area contributed by atoms with Gasteiger partial charge < -0.3 is 9.64 Å². The molecule has 106 valence electrons. The van der Waals surface area contributed by atoms with Crippen LogP contribution in [0.2, 0.25) is 0 Å². The highest BCUT2D eigenvalue weighted by Gasteiger charge is 2.19. The fourth-order valence-corrected chi connectivity index (χ4v) is 2.42. The number of ether oxygens (including phenoxy) is 1. The fraction of sp³-hybridized carbons (Fsp3) is 0.600. The normalized spacial score (nSPS) is 16.7. The molecule has 4 heteroatoms. The molecule has 0 amide bonds. The van der Waals surface area contributed by atoms with Gasteiger partial charge in [0.1, 0.15) is 5.75 Å². The van der Waals surface area contributed by atoms with E-state index in [0.717, 1.165) is 38.5 Å². The number of benzene rings is 1. The van der Waals surface area contributed by atoms with Crippen molar-refractivity contribution in [2.45, 2.75) is 20.3 Å². The summed E-state index contributed by atoms with van der Waals surface area (Å²) in [4.78, 5) is 2.41.